The van der Waals surface area contributed by atoms with Gasteiger partial charge in [0, 0.05) is 6.07 Å². The largest absolute Gasteiger partial charge is 0.423 e. The van der Waals surface area contributed by atoms with Gasteiger partial charge in [-0.25, -0.2) is 0 Å². The summed E-state index contributed by atoms with van der Waals surface area (Å²) in [6.07, 6.45) is 0. The maximum Gasteiger partial charge on any atom is 0.298 e. The molecule has 0 aliphatic carbocycles. The molecule has 0 atom stereocenters. The molecule has 2 rings (SSSR count). The fourth-order valence-corrected chi connectivity index (χ4v) is 1.10. The van der Waals surface area contributed by atoms with Crippen molar-refractivity contribution in [2.45, 2.75) is 0 Å². The Bertz CT molecular complexity index is 477. The van der Waals surface area contributed by atoms with Crippen molar-refractivity contribution in [2.75, 3.05) is 5.73 Å². The van der Waals surface area contributed by atoms with Crippen LogP contribution in [0.3, 0.4) is 0 Å². The molecular weight excluding hydrogens is 174 g/mol. The zero-order valence-electron chi connectivity index (χ0n) is 6.43. The van der Waals surface area contributed by atoms with E-state index in [2.05, 4.69) is 4.98 Å². The zero-order chi connectivity index (χ0) is 9.42. The van der Waals surface area contributed by atoms with Gasteiger partial charge in [0.25, 0.3) is 11.7 Å². The molecule has 0 saturated carbocycles. The number of para-hydroxylation sites is 1. The second-order valence-electron chi connectivity index (χ2n) is 2.43. The van der Waals surface area contributed by atoms with Gasteiger partial charge in [-0.1, -0.05) is 6.07 Å². The Balaban J connectivity index is 2.82. The minimum atomic E-state index is -0.524. The summed E-state index contributed by atoms with van der Waals surface area (Å²) < 4.78 is 4.92. The number of nitrogen functional groups attached to an aromatic ring is 1. The quantitative estimate of drug-likeness (QED) is 0.526. The highest BCUT2D eigenvalue weighted by Crippen LogP contribution is 2.25. The van der Waals surface area contributed by atoms with Gasteiger partial charge < -0.3 is 10.2 Å². The minimum absolute atomic E-state index is 0.0655. The van der Waals surface area contributed by atoms with Crippen LogP contribution in [0, 0.1) is 10.1 Å². The Kier molecular flexibility index (Phi) is 1.42. The van der Waals surface area contributed by atoms with Gasteiger partial charge in [0.2, 0.25) is 0 Å². The number of anilines is 1. The highest BCUT2D eigenvalue weighted by Gasteiger charge is 2.15. The number of fused-ring (bicyclic) bond motifs is 1. The van der Waals surface area contributed by atoms with Gasteiger partial charge in [0.05, 0.1) is 4.92 Å². The third-order valence-corrected chi connectivity index (χ3v) is 1.61. The Labute approximate surface area is 72.1 Å². The normalized spacial score (nSPS) is 10.5. The first kappa shape index (κ1) is 7.53. The maximum atomic E-state index is 10.5. The van der Waals surface area contributed by atoms with Crippen molar-refractivity contribution in [3.8, 4) is 0 Å². The number of benzene rings is 1. The molecule has 0 spiro atoms. The fourth-order valence-electron chi connectivity index (χ4n) is 1.10. The van der Waals surface area contributed by atoms with Gasteiger partial charge >= 0.3 is 0 Å². The number of hydrogen-bond acceptors (Lipinski definition) is 5. The van der Waals surface area contributed by atoms with Gasteiger partial charge in [0.15, 0.2) is 11.1 Å². The summed E-state index contributed by atoms with van der Waals surface area (Å²) in [4.78, 5) is 13.7. The first-order valence-corrected chi connectivity index (χ1v) is 3.48. The highest BCUT2D eigenvalue weighted by atomic mass is 16.6. The van der Waals surface area contributed by atoms with Gasteiger partial charge in [-0.05, 0) is 6.07 Å². The SMILES string of the molecule is Nc1nc2c([N+](=O)[O-])cccc2o1. The lowest BCUT2D eigenvalue weighted by Crippen LogP contribution is -1.89. The van der Waals surface area contributed by atoms with Crippen LogP contribution in [0.5, 0.6) is 0 Å². The number of oxazole rings is 1. The molecule has 0 aliphatic heterocycles. The van der Waals surface area contributed by atoms with Crippen molar-refractivity contribution in [3.63, 3.8) is 0 Å². The van der Waals surface area contributed by atoms with E-state index in [-0.39, 0.29) is 17.2 Å². The second-order valence-corrected chi connectivity index (χ2v) is 2.43. The number of non-ortho nitro benzene ring substituents is 1. The van der Waals surface area contributed by atoms with E-state index in [0.29, 0.717) is 5.58 Å². The summed E-state index contributed by atoms with van der Waals surface area (Å²) in [6.45, 7) is 0. The Morgan fingerprint density at radius 3 is 3.00 bits per heavy atom. The summed E-state index contributed by atoms with van der Waals surface area (Å²) in [5.74, 6) is 0. The zero-order valence-corrected chi connectivity index (χ0v) is 6.43. The number of nitrogens with zero attached hydrogens (tertiary/aromatic N) is 2. The van der Waals surface area contributed by atoms with E-state index in [1.807, 2.05) is 0 Å². The topological polar surface area (TPSA) is 95.2 Å². The molecule has 66 valence electrons. The van der Waals surface area contributed by atoms with Crippen LogP contribution in [-0.4, -0.2) is 9.91 Å². The Hall–Kier alpha value is -2.11. The summed E-state index contributed by atoms with van der Waals surface area (Å²) in [5.41, 5.74) is 5.67. The smallest absolute Gasteiger partial charge is 0.298 e. The monoisotopic (exact) mass is 179 g/mol. The number of aromatic nitrogens is 1. The standard InChI is InChI=1S/C7H5N3O3/c8-7-9-6-4(10(11)12)2-1-3-5(6)13-7/h1-3H,(H2,8,9). The number of nitro groups is 1. The van der Waals surface area contributed by atoms with E-state index >= 15 is 0 Å². The molecule has 0 saturated heterocycles. The molecule has 0 aliphatic rings. The molecule has 0 radical (unpaired) electrons. The van der Waals surface area contributed by atoms with Crippen LogP contribution >= 0.6 is 0 Å². The van der Waals surface area contributed by atoms with Crippen LogP contribution in [-0.2, 0) is 0 Å². The molecule has 1 aromatic carbocycles. The first-order chi connectivity index (χ1) is 6.18. The molecule has 1 aromatic heterocycles. The van der Waals surface area contributed by atoms with E-state index in [4.69, 9.17) is 10.2 Å². The van der Waals surface area contributed by atoms with Gasteiger partial charge in [-0.15, -0.1) is 0 Å². The van der Waals surface area contributed by atoms with E-state index < -0.39 is 4.92 Å². The average molecular weight is 179 g/mol. The first-order valence-electron chi connectivity index (χ1n) is 3.48. The summed E-state index contributed by atoms with van der Waals surface area (Å²) in [5, 5.41) is 10.5. The molecule has 13 heavy (non-hydrogen) atoms. The lowest BCUT2D eigenvalue weighted by Gasteiger charge is -1.88. The summed E-state index contributed by atoms with van der Waals surface area (Å²) in [7, 11) is 0. The highest BCUT2D eigenvalue weighted by molar-refractivity contribution is 5.83. The van der Waals surface area contributed by atoms with E-state index in [0.717, 1.165) is 0 Å². The fraction of sp³-hybridized carbons (Fsp3) is 0. The van der Waals surface area contributed by atoms with E-state index in [1.165, 1.54) is 12.1 Å². The van der Waals surface area contributed by atoms with Crippen molar-refractivity contribution in [1.29, 1.82) is 0 Å². The molecule has 2 aromatic rings. The number of hydrogen-bond donors (Lipinski definition) is 1. The number of nitrogens with two attached hydrogens (primary N) is 1. The lowest BCUT2D eigenvalue weighted by molar-refractivity contribution is -0.383. The maximum absolute atomic E-state index is 10.5. The third kappa shape index (κ3) is 1.08. The number of rotatable bonds is 1. The third-order valence-electron chi connectivity index (χ3n) is 1.61. The molecule has 6 nitrogen and oxygen atoms in total. The van der Waals surface area contributed by atoms with Crippen molar-refractivity contribution in [3.05, 3.63) is 28.3 Å². The predicted molar refractivity (Wildman–Crippen MR) is 45.1 cm³/mol. The van der Waals surface area contributed by atoms with E-state index in [1.54, 1.807) is 6.07 Å². The van der Waals surface area contributed by atoms with Gasteiger partial charge in [-0.3, -0.25) is 10.1 Å². The van der Waals surface area contributed by atoms with Crippen LogP contribution in [0.1, 0.15) is 0 Å². The van der Waals surface area contributed by atoms with Gasteiger partial charge in [0.1, 0.15) is 0 Å². The number of nitro benzene ring substituents is 1. The molecule has 0 unspecified atom stereocenters. The molecule has 0 amide bonds. The van der Waals surface area contributed by atoms with Crippen LogP contribution in [0.2, 0.25) is 0 Å². The predicted octanol–water partition coefficient (Wildman–Crippen LogP) is 1.32. The molecule has 2 N–H and O–H groups in total. The average Bonchev–Trinajstić information content (AvgIpc) is 2.43. The van der Waals surface area contributed by atoms with Crippen LogP contribution in [0.25, 0.3) is 11.1 Å². The van der Waals surface area contributed by atoms with Crippen molar-refractivity contribution < 1.29 is 9.34 Å². The molecular formula is C7H5N3O3. The van der Waals surface area contributed by atoms with Crippen LogP contribution < -0.4 is 5.73 Å². The molecule has 0 fully saturated rings. The van der Waals surface area contributed by atoms with Crippen molar-refractivity contribution in [1.82, 2.24) is 4.98 Å². The minimum Gasteiger partial charge on any atom is -0.423 e. The second kappa shape index (κ2) is 2.44. The molecule has 1 heterocycles. The van der Waals surface area contributed by atoms with Crippen LogP contribution in [0.4, 0.5) is 11.7 Å². The summed E-state index contributed by atoms with van der Waals surface area (Å²) in [6, 6.07) is 4.38. The molecule has 6 heteroatoms. The Morgan fingerprint density at radius 2 is 2.31 bits per heavy atom. The van der Waals surface area contributed by atoms with E-state index in [9.17, 15) is 10.1 Å². The van der Waals surface area contributed by atoms with Crippen LogP contribution in [0.15, 0.2) is 22.6 Å². The van der Waals surface area contributed by atoms with Crippen molar-refractivity contribution >= 4 is 22.8 Å². The van der Waals surface area contributed by atoms with Crippen molar-refractivity contribution in [2.24, 2.45) is 0 Å². The Morgan fingerprint density at radius 1 is 1.54 bits per heavy atom. The molecule has 0 bridgehead atoms. The van der Waals surface area contributed by atoms with Gasteiger partial charge in [-0.2, -0.15) is 4.98 Å². The lowest BCUT2D eigenvalue weighted by atomic mass is 10.3. The summed E-state index contributed by atoms with van der Waals surface area (Å²) >= 11 is 0.